The fraction of sp³-hybridized carbons (Fsp3) is 0.143. The zero-order chi connectivity index (χ0) is 18.1. The highest BCUT2D eigenvalue weighted by Crippen LogP contribution is 2.33. The SMILES string of the molecule is NC(=O)CCCc1c(-c2ccc3ccccc3n2)[nH]c2ccc(Cl)cc12. The number of H-pyrrole nitrogens is 1. The molecule has 26 heavy (non-hydrogen) atoms. The molecule has 0 unspecified atom stereocenters. The standard InChI is InChI=1S/C21H18ClN3O/c22-14-9-11-18-16(12-14)15(5-3-7-20(23)26)21(25-18)19-10-8-13-4-1-2-6-17(13)24-19/h1-2,4,6,8-12,25H,3,5,7H2,(H2,23,26). The number of hydrogen-bond donors (Lipinski definition) is 2. The minimum atomic E-state index is -0.284. The smallest absolute Gasteiger partial charge is 0.217 e. The number of para-hydroxylation sites is 1. The minimum absolute atomic E-state index is 0.284. The summed E-state index contributed by atoms with van der Waals surface area (Å²) in [5, 5.41) is 2.85. The molecule has 2 aromatic carbocycles. The lowest BCUT2D eigenvalue weighted by atomic mass is 10.0. The predicted octanol–water partition coefficient (Wildman–Crippen LogP) is 4.84. The number of pyridine rings is 1. The summed E-state index contributed by atoms with van der Waals surface area (Å²) in [5.41, 5.74) is 10.2. The number of aryl methyl sites for hydroxylation is 1. The van der Waals surface area contributed by atoms with Crippen LogP contribution in [-0.2, 0) is 11.2 Å². The van der Waals surface area contributed by atoms with Gasteiger partial charge in [-0.2, -0.15) is 0 Å². The van der Waals surface area contributed by atoms with Gasteiger partial charge < -0.3 is 10.7 Å². The number of rotatable bonds is 5. The van der Waals surface area contributed by atoms with Gasteiger partial charge in [0.1, 0.15) is 0 Å². The summed E-state index contributed by atoms with van der Waals surface area (Å²) in [6.45, 7) is 0. The number of nitrogens with one attached hydrogen (secondary N) is 1. The summed E-state index contributed by atoms with van der Waals surface area (Å²) in [5.74, 6) is -0.284. The van der Waals surface area contributed by atoms with Crippen LogP contribution in [0.1, 0.15) is 18.4 Å². The maximum atomic E-state index is 11.1. The number of aromatic amines is 1. The molecule has 4 aromatic rings. The molecule has 4 rings (SSSR count). The fourth-order valence-corrected chi connectivity index (χ4v) is 3.51. The van der Waals surface area contributed by atoms with E-state index in [-0.39, 0.29) is 5.91 Å². The second-order valence-corrected chi connectivity index (χ2v) is 6.81. The first-order chi connectivity index (χ1) is 12.6. The Morgan fingerprint density at radius 2 is 1.96 bits per heavy atom. The third-order valence-electron chi connectivity index (χ3n) is 4.57. The van der Waals surface area contributed by atoms with Crippen molar-refractivity contribution in [3.8, 4) is 11.4 Å². The van der Waals surface area contributed by atoms with Gasteiger partial charge in [-0.25, -0.2) is 4.98 Å². The Hall–Kier alpha value is -2.85. The number of halogens is 1. The molecule has 0 radical (unpaired) electrons. The zero-order valence-electron chi connectivity index (χ0n) is 14.1. The number of carbonyl (C=O) groups excluding carboxylic acids is 1. The molecular weight excluding hydrogens is 346 g/mol. The van der Waals surface area contributed by atoms with E-state index in [1.807, 2.05) is 48.5 Å². The van der Waals surface area contributed by atoms with Crippen LogP contribution in [0.2, 0.25) is 5.02 Å². The largest absolute Gasteiger partial charge is 0.370 e. The number of nitrogens with zero attached hydrogens (tertiary/aromatic N) is 1. The average molecular weight is 364 g/mol. The molecule has 4 nitrogen and oxygen atoms in total. The van der Waals surface area contributed by atoms with Gasteiger partial charge in [0.05, 0.1) is 16.9 Å². The van der Waals surface area contributed by atoms with E-state index in [1.54, 1.807) is 0 Å². The lowest BCUT2D eigenvalue weighted by Crippen LogP contribution is -2.10. The molecule has 5 heteroatoms. The van der Waals surface area contributed by atoms with Crippen molar-refractivity contribution in [2.45, 2.75) is 19.3 Å². The Bertz CT molecular complexity index is 1120. The molecule has 1 amide bonds. The molecule has 2 heterocycles. The molecule has 2 aromatic heterocycles. The van der Waals surface area contributed by atoms with Crippen LogP contribution in [0.4, 0.5) is 0 Å². The van der Waals surface area contributed by atoms with Gasteiger partial charge in [-0.1, -0.05) is 35.9 Å². The van der Waals surface area contributed by atoms with Crippen molar-refractivity contribution in [3.05, 3.63) is 65.2 Å². The molecule has 0 spiro atoms. The van der Waals surface area contributed by atoms with Crippen LogP contribution in [-0.4, -0.2) is 15.9 Å². The topological polar surface area (TPSA) is 71.8 Å². The highest BCUT2D eigenvalue weighted by Gasteiger charge is 2.15. The highest BCUT2D eigenvalue weighted by molar-refractivity contribution is 6.31. The van der Waals surface area contributed by atoms with Crippen molar-refractivity contribution < 1.29 is 4.79 Å². The van der Waals surface area contributed by atoms with Crippen molar-refractivity contribution in [3.63, 3.8) is 0 Å². The lowest BCUT2D eigenvalue weighted by molar-refractivity contribution is -0.118. The van der Waals surface area contributed by atoms with Gasteiger partial charge in [0.25, 0.3) is 0 Å². The van der Waals surface area contributed by atoms with Crippen LogP contribution in [0.3, 0.4) is 0 Å². The molecular formula is C21H18ClN3O. The molecule has 0 bridgehead atoms. The van der Waals surface area contributed by atoms with Gasteiger partial charge in [0.15, 0.2) is 0 Å². The van der Waals surface area contributed by atoms with Gasteiger partial charge in [-0.05, 0) is 48.7 Å². The van der Waals surface area contributed by atoms with Crippen molar-refractivity contribution >= 4 is 39.3 Å². The maximum Gasteiger partial charge on any atom is 0.217 e. The van der Waals surface area contributed by atoms with Gasteiger partial charge in [-0.3, -0.25) is 4.79 Å². The lowest BCUT2D eigenvalue weighted by Gasteiger charge is -2.06. The monoisotopic (exact) mass is 363 g/mol. The molecule has 0 aliphatic rings. The number of nitrogens with two attached hydrogens (primary N) is 1. The minimum Gasteiger partial charge on any atom is -0.370 e. The van der Waals surface area contributed by atoms with E-state index in [1.165, 1.54) is 0 Å². The van der Waals surface area contributed by atoms with Crippen LogP contribution < -0.4 is 5.73 Å². The van der Waals surface area contributed by atoms with E-state index in [0.717, 1.165) is 45.2 Å². The first-order valence-corrected chi connectivity index (χ1v) is 8.94. The van der Waals surface area contributed by atoms with Crippen LogP contribution in [0.15, 0.2) is 54.6 Å². The molecule has 0 saturated carbocycles. The van der Waals surface area contributed by atoms with Crippen molar-refractivity contribution in [2.24, 2.45) is 5.73 Å². The number of benzene rings is 2. The van der Waals surface area contributed by atoms with Crippen molar-refractivity contribution in [1.29, 1.82) is 0 Å². The van der Waals surface area contributed by atoms with Gasteiger partial charge >= 0.3 is 0 Å². The molecule has 0 fully saturated rings. The highest BCUT2D eigenvalue weighted by atomic mass is 35.5. The Morgan fingerprint density at radius 3 is 2.81 bits per heavy atom. The van der Waals surface area contributed by atoms with Crippen molar-refractivity contribution in [1.82, 2.24) is 9.97 Å². The number of carbonyl (C=O) groups is 1. The quantitative estimate of drug-likeness (QED) is 0.532. The van der Waals surface area contributed by atoms with Crippen LogP contribution in [0.5, 0.6) is 0 Å². The van der Waals surface area contributed by atoms with Gasteiger partial charge in [0, 0.05) is 27.7 Å². The first-order valence-electron chi connectivity index (χ1n) is 8.56. The molecule has 0 aliphatic carbocycles. The Kier molecular flexibility index (Phi) is 4.35. The normalized spacial score (nSPS) is 11.3. The molecule has 130 valence electrons. The molecule has 0 saturated heterocycles. The van der Waals surface area contributed by atoms with E-state index >= 15 is 0 Å². The second kappa shape index (κ2) is 6.81. The van der Waals surface area contributed by atoms with Crippen LogP contribution in [0.25, 0.3) is 33.2 Å². The number of amides is 1. The predicted molar refractivity (Wildman–Crippen MR) is 106 cm³/mol. The summed E-state index contributed by atoms with van der Waals surface area (Å²) >= 11 is 6.20. The fourth-order valence-electron chi connectivity index (χ4n) is 3.34. The maximum absolute atomic E-state index is 11.1. The summed E-state index contributed by atoms with van der Waals surface area (Å²) in [4.78, 5) is 19.4. The van der Waals surface area contributed by atoms with Gasteiger partial charge in [0.2, 0.25) is 5.91 Å². The Balaban J connectivity index is 1.84. The van der Waals surface area contributed by atoms with E-state index in [9.17, 15) is 4.79 Å². The summed E-state index contributed by atoms with van der Waals surface area (Å²) in [7, 11) is 0. The van der Waals surface area contributed by atoms with Crippen LogP contribution >= 0.6 is 11.6 Å². The summed E-state index contributed by atoms with van der Waals surface area (Å²) in [6, 6.07) is 17.9. The van der Waals surface area contributed by atoms with E-state index in [4.69, 9.17) is 22.3 Å². The Labute approximate surface area is 156 Å². The molecule has 0 atom stereocenters. The Morgan fingerprint density at radius 1 is 1.12 bits per heavy atom. The van der Waals surface area contributed by atoms with E-state index in [0.29, 0.717) is 17.9 Å². The average Bonchev–Trinajstić information content (AvgIpc) is 2.99. The van der Waals surface area contributed by atoms with E-state index < -0.39 is 0 Å². The van der Waals surface area contributed by atoms with Crippen LogP contribution in [0, 0.1) is 0 Å². The van der Waals surface area contributed by atoms with Gasteiger partial charge in [-0.15, -0.1) is 0 Å². The molecule has 0 aliphatic heterocycles. The third-order valence-corrected chi connectivity index (χ3v) is 4.81. The van der Waals surface area contributed by atoms with Crippen molar-refractivity contribution in [2.75, 3.05) is 0 Å². The zero-order valence-corrected chi connectivity index (χ0v) is 14.9. The number of primary amides is 1. The number of hydrogen-bond acceptors (Lipinski definition) is 2. The third kappa shape index (κ3) is 3.16. The number of aromatic nitrogens is 2. The summed E-state index contributed by atoms with van der Waals surface area (Å²) < 4.78 is 0. The summed E-state index contributed by atoms with van der Waals surface area (Å²) in [6.07, 6.45) is 1.78. The second-order valence-electron chi connectivity index (χ2n) is 6.38. The molecule has 3 N–H and O–H groups in total. The van der Waals surface area contributed by atoms with E-state index in [2.05, 4.69) is 11.1 Å². The number of fused-ring (bicyclic) bond motifs is 2. The first kappa shape index (κ1) is 16.6.